The fourth-order valence-electron chi connectivity index (χ4n) is 2.06. The topological polar surface area (TPSA) is 49.3 Å². The Hall–Kier alpha value is -0.830. The Kier molecular flexibility index (Phi) is 4.66. The van der Waals surface area contributed by atoms with Crippen LogP contribution in [0, 0.1) is 11.8 Å². The molecule has 0 saturated heterocycles. The average molecular weight is 197 g/mol. The number of carbonyl (C=O) groups excluding carboxylic acids is 1. The minimum Gasteiger partial charge on any atom is -0.396 e. The van der Waals surface area contributed by atoms with Crippen LogP contribution in [-0.2, 0) is 4.79 Å². The fourth-order valence-corrected chi connectivity index (χ4v) is 2.06. The minimum absolute atomic E-state index is 0.0314. The molecule has 2 atom stereocenters. The van der Waals surface area contributed by atoms with Gasteiger partial charge in [-0.25, -0.2) is 0 Å². The maximum atomic E-state index is 11.1. The van der Waals surface area contributed by atoms with E-state index in [4.69, 9.17) is 5.11 Å². The lowest BCUT2D eigenvalue weighted by Crippen LogP contribution is -2.30. The predicted octanol–water partition coefficient (Wildman–Crippen LogP) is 1.09. The maximum Gasteiger partial charge on any atom is 0.243 e. The van der Waals surface area contributed by atoms with E-state index in [-0.39, 0.29) is 12.5 Å². The highest BCUT2D eigenvalue weighted by Crippen LogP contribution is 2.30. The third kappa shape index (κ3) is 3.14. The molecule has 0 spiro atoms. The SMILES string of the molecule is CC=CC(=O)NCC1CCCC1CO. The lowest BCUT2D eigenvalue weighted by Gasteiger charge is -2.16. The van der Waals surface area contributed by atoms with Gasteiger partial charge in [0.1, 0.15) is 0 Å². The second kappa shape index (κ2) is 5.81. The Morgan fingerprint density at radius 2 is 2.21 bits per heavy atom. The van der Waals surface area contributed by atoms with Crippen LogP contribution in [0.15, 0.2) is 12.2 Å². The fraction of sp³-hybridized carbons (Fsp3) is 0.727. The normalized spacial score (nSPS) is 27.0. The Morgan fingerprint density at radius 3 is 2.86 bits per heavy atom. The highest BCUT2D eigenvalue weighted by Gasteiger charge is 2.26. The third-order valence-electron chi connectivity index (χ3n) is 2.91. The van der Waals surface area contributed by atoms with Gasteiger partial charge in [0.2, 0.25) is 5.91 Å². The van der Waals surface area contributed by atoms with E-state index in [0.717, 1.165) is 12.8 Å². The molecular weight excluding hydrogens is 178 g/mol. The van der Waals surface area contributed by atoms with Gasteiger partial charge in [-0.05, 0) is 37.7 Å². The largest absolute Gasteiger partial charge is 0.396 e. The summed E-state index contributed by atoms with van der Waals surface area (Å²) in [7, 11) is 0. The lowest BCUT2D eigenvalue weighted by atomic mass is 9.97. The molecule has 2 unspecified atom stereocenters. The van der Waals surface area contributed by atoms with E-state index in [1.165, 1.54) is 12.5 Å². The van der Waals surface area contributed by atoms with Crippen LogP contribution in [0.1, 0.15) is 26.2 Å². The first-order chi connectivity index (χ1) is 6.77. The van der Waals surface area contributed by atoms with Crippen molar-refractivity contribution in [3.63, 3.8) is 0 Å². The summed E-state index contributed by atoms with van der Waals surface area (Å²) in [5.41, 5.74) is 0. The molecule has 0 aromatic rings. The molecule has 1 amide bonds. The van der Waals surface area contributed by atoms with Crippen LogP contribution >= 0.6 is 0 Å². The van der Waals surface area contributed by atoms with Gasteiger partial charge in [-0.2, -0.15) is 0 Å². The molecule has 0 heterocycles. The van der Waals surface area contributed by atoms with Crippen molar-refractivity contribution in [3.8, 4) is 0 Å². The van der Waals surface area contributed by atoms with Crippen LogP contribution in [0.4, 0.5) is 0 Å². The van der Waals surface area contributed by atoms with E-state index in [9.17, 15) is 4.79 Å². The number of hydrogen-bond acceptors (Lipinski definition) is 2. The van der Waals surface area contributed by atoms with Crippen LogP contribution < -0.4 is 5.32 Å². The summed E-state index contributed by atoms with van der Waals surface area (Å²) in [4.78, 5) is 11.1. The number of hydrogen-bond donors (Lipinski definition) is 2. The van der Waals surface area contributed by atoms with E-state index in [1.807, 2.05) is 6.92 Å². The standard InChI is InChI=1S/C11H19NO2/c1-2-4-11(14)12-7-9-5-3-6-10(9)8-13/h2,4,9-10,13H,3,5-8H2,1H3,(H,12,14). The zero-order valence-corrected chi connectivity index (χ0v) is 8.70. The van der Waals surface area contributed by atoms with Crippen LogP contribution in [0.3, 0.4) is 0 Å². The van der Waals surface area contributed by atoms with E-state index in [1.54, 1.807) is 6.08 Å². The molecule has 0 aromatic carbocycles. The van der Waals surface area contributed by atoms with Gasteiger partial charge in [0, 0.05) is 13.2 Å². The zero-order valence-electron chi connectivity index (χ0n) is 8.70. The molecule has 3 nitrogen and oxygen atoms in total. The molecule has 2 N–H and O–H groups in total. The second-order valence-corrected chi connectivity index (χ2v) is 3.88. The first-order valence-corrected chi connectivity index (χ1v) is 5.29. The maximum absolute atomic E-state index is 11.1. The quantitative estimate of drug-likeness (QED) is 0.663. The van der Waals surface area contributed by atoms with Crippen molar-refractivity contribution in [3.05, 3.63) is 12.2 Å². The summed E-state index contributed by atoms with van der Waals surface area (Å²) in [6.07, 6.45) is 6.66. The smallest absolute Gasteiger partial charge is 0.243 e. The molecule has 14 heavy (non-hydrogen) atoms. The zero-order chi connectivity index (χ0) is 10.4. The Bertz CT molecular complexity index is 213. The van der Waals surface area contributed by atoms with Crippen molar-refractivity contribution in [1.29, 1.82) is 0 Å². The van der Waals surface area contributed by atoms with Crippen molar-refractivity contribution in [2.45, 2.75) is 26.2 Å². The van der Waals surface area contributed by atoms with Gasteiger partial charge in [0.05, 0.1) is 0 Å². The van der Waals surface area contributed by atoms with Gasteiger partial charge in [0.15, 0.2) is 0 Å². The molecule has 0 aliphatic heterocycles. The summed E-state index contributed by atoms with van der Waals surface area (Å²) in [6.45, 7) is 2.78. The Balaban J connectivity index is 2.26. The summed E-state index contributed by atoms with van der Waals surface area (Å²) in [5, 5.41) is 11.9. The molecular formula is C11H19NO2. The van der Waals surface area contributed by atoms with Gasteiger partial charge in [-0.3, -0.25) is 4.79 Å². The molecule has 1 fully saturated rings. The van der Waals surface area contributed by atoms with E-state index in [2.05, 4.69) is 5.32 Å². The molecule has 0 bridgehead atoms. The molecule has 1 saturated carbocycles. The number of nitrogens with one attached hydrogen (secondary N) is 1. The highest BCUT2D eigenvalue weighted by atomic mass is 16.3. The number of aliphatic hydroxyl groups excluding tert-OH is 1. The summed E-state index contributed by atoms with van der Waals surface area (Å²) in [5.74, 6) is 0.825. The van der Waals surface area contributed by atoms with Gasteiger partial charge in [-0.1, -0.05) is 12.5 Å². The molecule has 1 aliphatic carbocycles. The van der Waals surface area contributed by atoms with E-state index in [0.29, 0.717) is 18.4 Å². The summed E-state index contributed by atoms with van der Waals surface area (Å²) < 4.78 is 0. The molecule has 0 aromatic heterocycles. The molecule has 3 heteroatoms. The van der Waals surface area contributed by atoms with Crippen molar-refractivity contribution in [2.75, 3.05) is 13.2 Å². The molecule has 0 radical (unpaired) electrons. The van der Waals surface area contributed by atoms with E-state index >= 15 is 0 Å². The lowest BCUT2D eigenvalue weighted by molar-refractivity contribution is -0.116. The predicted molar refractivity (Wildman–Crippen MR) is 55.7 cm³/mol. The second-order valence-electron chi connectivity index (χ2n) is 3.88. The minimum atomic E-state index is -0.0314. The Morgan fingerprint density at radius 1 is 1.50 bits per heavy atom. The van der Waals surface area contributed by atoms with Crippen LogP contribution in [0.5, 0.6) is 0 Å². The van der Waals surface area contributed by atoms with E-state index < -0.39 is 0 Å². The van der Waals surface area contributed by atoms with Crippen molar-refractivity contribution in [2.24, 2.45) is 11.8 Å². The Labute approximate surface area is 85.2 Å². The molecule has 1 rings (SSSR count). The highest BCUT2D eigenvalue weighted by molar-refractivity contribution is 5.87. The van der Waals surface area contributed by atoms with Crippen molar-refractivity contribution in [1.82, 2.24) is 5.32 Å². The summed E-state index contributed by atoms with van der Waals surface area (Å²) in [6, 6.07) is 0. The van der Waals surface area contributed by atoms with Crippen LogP contribution in [0.25, 0.3) is 0 Å². The number of carbonyl (C=O) groups is 1. The van der Waals surface area contributed by atoms with Gasteiger partial charge in [0.25, 0.3) is 0 Å². The number of rotatable bonds is 4. The van der Waals surface area contributed by atoms with Gasteiger partial charge < -0.3 is 10.4 Å². The monoisotopic (exact) mass is 197 g/mol. The van der Waals surface area contributed by atoms with Crippen molar-refractivity contribution < 1.29 is 9.90 Å². The van der Waals surface area contributed by atoms with Gasteiger partial charge in [-0.15, -0.1) is 0 Å². The van der Waals surface area contributed by atoms with Crippen molar-refractivity contribution >= 4 is 5.91 Å². The first-order valence-electron chi connectivity index (χ1n) is 5.29. The third-order valence-corrected chi connectivity index (χ3v) is 2.91. The van der Waals surface area contributed by atoms with Crippen LogP contribution in [0.2, 0.25) is 0 Å². The first kappa shape index (κ1) is 11.2. The number of aliphatic hydroxyl groups is 1. The molecule has 80 valence electrons. The van der Waals surface area contributed by atoms with Gasteiger partial charge >= 0.3 is 0 Å². The van der Waals surface area contributed by atoms with Crippen LogP contribution in [-0.4, -0.2) is 24.2 Å². The number of amides is 1. The summed E-state index contributed by atoms with van der Waals surface area (Å²) >= 11 is 0. The molecule has 1 aliphatic rings. The average Bonchev–Trinajstić information content (AvgIpc) is 2.62. The number of allylic oxidation sites excluding steroid dienone is 1.